The molecule has 0 saturated carbocycles. The zero-order valence-corrected chi connectivity index (χ0v) is 32.4. The molecule has 0 radical (unpaired) electrons. The maximum absolute atomic E-state index is 12.8. The topological polar surface area (TPSA) is 374 Å². The quantitative estimate of drug-likeness (QED) is 0.0131. The smallest absolute Gasteiger partial charge is 0.297 e. The zero-order valence-electron chi connectivity index (χ0n) is 27.5. The first-order valence-corrected chi connectivity index (χ1v) is 22.0. The Labute approximate surface area is 325 Å². The molecule has 0 aliphatic heterocycles. The number of nitrogen functional groups attached to an aromatic ring is 2. The summed E-state index contributed by atoms with van der Waals surface area (Å²) in [6.45, 7) is -0.871. The van der Waals surface area contributed by atoms with Crippen LogP contribution >= 0.6 is 24.6 Å². The van der Waals surface area contributed by atoms with E-state index in [4.69, 9.17) is 30.3 Å². The van der Waals surface area contributed by atoms with Crippen LogP contribution in [0.4, 0.5) is 34.1 Å². The van der Waals surface area contributed by atoms with Crippen LogP contribution in [0.3, 0.4) is 0 Å². The molecule has 0 amide bonds. The lowest BCUT2D eigenvalue weighted by Crippen LogP contribution is -2.12. The van der Waals surface area contributed by atoms with Crippen LogP contribution in [-0.2, 0) is 67.0 Å². The Balaban J connectivity index is 1.65. The molecule has 0 atom stereocenters. The van der Waals surface area contributed by atoms with Crippen LogP contribution in [0.15, 0.2) is 101 Å². The molecule has 56 heavy (non-hydrogen) atoms. The van der Waals surface area contributed by atoms with Gasteiger partial charge in [0.1, 0.15) is 32.5 Å². The number of hydrogen-bond acceptors (Lipinski definition) is 24. The molecule has 0 aromatic heterocycles. The minimum Gasteiger partial charge on any atom is -0.397 e. The molecular formula is C26H26N6O18S6. The van der Waals surface area contributed by atoms with Crippen LogP contribution in [0.25, 0.3) is 10.8 Å². The SMILES string of the molecule is Nc1cc(N)c(/N=N/c2ccc3cc(S(=O)(=O)CCOSOOO)ccc3c2S(=O)(=O)O)cc1/N=N/c1ccc(S(=O)(=O)CCOSOOO)cc1S(=O)(=O)O. The zero-order chi connectivity index (χ0) is 41.3. The van der Waals surface area contributed by atoms with Gasteiger partial charge in [-0.15, -0.1) is 29.1 Å². The number of rotatable bonds is 20. The highest BCUT2D eigenvalue weighted by Crippen LogP contribution is 2.39. The third kappa shape index (κ3) is 11.8. The summed E-state index contributed by atoms with van der Waals surface area (Å²) < 4.78 is 138. The predicted molar refractivity (Wildman–Crippen MR) is 194 cm³/mol. The molecule has 0 saturated heterocycles. The maximum Gasteiger partial charge on any atom is 0.297 e. The van der Waals surface area contributed by atoms with E-state index in [9.17, 15) is 42.8 Å². The van der Waals surface area contributed by atoms with Crippen molar-refractivity contribution >= 4 is 109 Å². The van der Waals surface area contributed by atoms with Crippen LogP contribution in [0.1, 0.15) is 0 Å². The lowest BCUT2D eigenvalue weighted by molar-refractivity contribution is -0.434. The molecule has 0 aliphatic rings. The van der Waals surface area contributed by atoms with Crippen molar-refractivity contribution in [3.05, 3.63) is 60.7 Å². The second kappa shape index (κ2) is 19.0. The monoisotopic (exact) mass is 902 g/mol. The van der Waals surface area contributed by atoms with Gasteiger partial charge in [0, 0.05) is 5.39 Å². The van der Waals surface area contributed by atoms with E-state index in [0.29, 0.717) is 6.07 Å². The van der Waals surface area contributed by atoms with Gasteiger partial charge in [0.25, 0.3) is 20.2 Å². The van der Waals surface area contributed by atoms with E-state index in [1.165, 1.54) is 6.07 Å². The minimum atomic E-state index is -5.09. The summed E-state index contributed by atoms with van der Waals surface area (Å²) in [7, 11) is -18.3. The molecule has 0 heterocycles. The number of nitrogens with two attached hydrogens (primary N) is 2. The Kier molecular flexibility index (Phi) is 15.2. The van der Waals surface area contributed by atoms with Gasteiger partial charge in [-0.25, -0.2) is 27.4 Å². The van der Waals surface area contributed by atoms with Crippen molar-refractivity contribution < 1.29 is 80.4 Å². The van der Waals surface area contributed by atoms with Gasteiger partial charge in [-0.2, -0.15) is 16.8 Å². The van der Waals surface area contributed by atoms with Crippen molar-refractivity contribution in [2.45, 2.75) is 19.6 Å². The van der Waals surface area contributed by atoms with E-state index in [0.717, 1.165) is 48.5 Å². The highest BCUT2D eigenvalue weighted by atomic mass is 32.2. The van der Waals surface area contributed by atoms with Gasteiger partial charge in [-0.1, -0.05) is 22.2 Å². The predicted octanol–water partition coefficient (Wildman–Crippen LogP) is 4.88. The molecule has 0 aliphatic carbocycles. The van der Waals surface area contributed by atoms with Crippen molar-refractivity contribution in [3.63, 3.8) is 0 Å². The largest absolute Gasteiger partial charge is 0.397 e. The van der Waals surface area contributed by atoms with Gasteiger partial charge in [0.05, 0.1) is 45.9 Å². The minimum absolute atomic E-state index is 0.0718. The van der Waals surface area contributed by atoms with Crippen LogP contribution in [-0.4, -0.2) is 78.0 Å². The van der Waals surface area contributed by atoms with Crippen LogP contribution in [0, 0.1) is 0 Å². The first kappa shape index (κ1) is 44.8. The number of nitrogens with zero attached hydrogens (tertiary/aromatic N) is 4. The van der Waals surface area contributed by atoms with Crippen molar-refractivity contribution in [2.75, 3.05) is 36.2 Å². The molecule has 304 valence electrons. The molecule has 0 fully saturated rings. The number of hydrogen-bond donors (Lipinski definition) is 6. The maximum atomic E-state index is 12.8. The standard InChI is InChI=1S/C26H26N6O18S6/c27-19-13-20(28)24(14-23(19)31-29-21-6-3-17(12-25(21)55(39,40)41)54(37,38)10-8-46-52-50-48-34)32-30-22-5-1-15-11-16(2-4-18(15)26(22)56(42,43)44)53(35,36)9-7-45-51-49-47-33/h1-6,11-14,33-34H,7-10,27-28H2,(H,39,40,41)(H,42,43,44)/b31-29+,32-30+. The van der Waals surface area contributed by atoms with Crippen LogP contribution in [0.5, 0.6) is 0 Å². The molecule has 24 nitrogen and oxygen atoms in total. The third-order valence-corrected chi connectivity index (χ3v) is 12.8. The molecule has 4 aromatic carbocycles. The molecule has 30 heteroatoms. The van der Waals surface area contributed by atoms with E-state index in [1.807, 2.05) is 0 Å². The first-order chi connectivity index (χ1) is 26.3. The van der Waals surface area contributed by atoms with Gasteiger partial charge in [-0.05, 0) is 53.9 Å². The number of azo groups is 2. The molecule has 0 spiro atoms. The Morgan fingerprint density at radius 2 is 1.05 bits per heavy atom. The third-order valence-electron chi connectivity index (χ3n) is 6.90. The second-order valence-corrected chi connectivity index (χ2v) is 18.4. The Bertz CT molecular complexity index is 2590. The van der Waals surface area contributed by atoms with Crippen molar-refractivity contribution in [1.82, 2.24) is 0 Å². The lowest BCUT2D eigenvalue weighted by Gasteiger charge is -2.10. The molecule has 4 rings (SSSR count). The average molecular weight is 903 g/mol. The Hall–Kier alpha value is -3.96. The van der Waals surface area contributed by atoms with Crippen molar-refractivity contribution in [1.29, 1.82) is 0 Å². The number of anilines is 2. The fraction of sp³-hybridized carbons (Fsp3) is 0.154. The van der Waals surface area contributed by atoms with Gasteiger partial charge < -0.3 is 11.5 Å². The van der Waals surface area contributed by atoms with Gasteiger partial charge >= 0.3 is 0 Å². The molecular weight excluding hydrogens is 877 g/mol. The van der Waals surface area contributed by atoms with Gasteiger partial charge in [-0.3, -0.25) is 17.5 Å². The highest BCUT2D eigenvalue weighted by molar-refractivity contribution is 7.92. The second-order valence-electron chi connectivity index (χ2n) is 10.4. The molecule has 0 bridgehead atoms. The lowest BCUT2D eigenvalue weighted by atomic mass is 10.1. The first-order valence-electron chi connectivity index (χ1n) is 14.4. The normalized spacial score (nSPS) is 13.0. The van der Waals surface area contributed by atoms with Gasteiger partial charge in [0.15, 0.2) is 44.3 Å². The fourth-order valence-electron chi connectivity index (χ4n) is 4.44. The average Bonchev–Trinajstić information content (AvgIpc) is 3.12. The number of fused-ring (bicyclic) bond motifs is 1. The van der Waals surface area contributed by atoms with Crippen LogP contribution < -0.4 is 11.5 Å². The van der Waals surface area contributed by atoms with E-state index in [-0.39, 0.29) is 69.7 Å². The van der Waals surface area contributed by atoms with E-state index >= 15 is 0 Å². The summed E-state index contributed by atoms with van der Waals surface area (Å²) in [5, 5.41) is 38.2. The van der Waals surface area contributed by atoms with Crippen LogP contribution in [0.2, 0.25) is 0 Å². The Morgan fingerprint density at radius 3 is 1.57 bits per heavy atom. The van der Waals surface area contributed by atoms with Crippen molar-refractivity contribution in [2.24, 2.45) is 20.5 Å². The number of benzene rings is 4. The fourth-order valence-corrected chi connectivity index (χ4v) is 8.88. The summed E-state index contributed by atoms with van der Waals surface area (Å²) in [5.41, 5.74) is 10.5. The highest BCUT2D eigenvalue weighted by Gasteiger charge is 2.24. The Morgan fingerprint density at radius 1 is 0.571 bits per heavy atom. The summed E-state index contributed by atoms with van der Waals surface area (Å²) in [6, 6.07) is 10.6. The van der Waals surface area contributed by atoms with E-state index in [2.05, 4.69) is 39.2 Å². The molecule has 4 aromatic rings. The summed E-state index contributed by atoms with van der Waals surface area (Å²) in [6.07, 6.45) is 0. The summed E-state index contributed by atoms with van der Waals surface area (Å²) in [5.74, 6) is -1.23. The van der Waals surface area contributed by atoms with E-state index in [1.54, 1.807) is 0 Å². The van der Waals surface area contributed by atoms with E-state index < -0.39 is 84.1 Å². The summed E-state index contributed by atoms with van der Waals surface area (Å²) >= 11 is 0.297. The van der Waals surface area contributed by atoms with Gasteiger partial charge in [0.2, 0.25) is 0 Å². The van der Waals surface area contributed by atoms with Crippen molar-refractivity contribution in [3.8, 4) is 0 Å². The molecule has 0 unspecified atom stereocenters. The summed E-state index contributed by atoms with van der Waals surface area (Å²) in [4.78, 5) is -2.46. The molecule has 8 N–H and O–H groups in total. The number of sulfone groups is 2.